The fourth-order valence-corrected chi connectivity index (χ4v) is 1.25. The molecule has 0 aliphatic rings. The lowest BCUT2D eigenvalue weighted by Crippen LogP contribution is -2.11. The predicted octanol–water partition coefficient (Wildman–Crippen LogP) is 3.07. The van der Waals surface area contributed by atoms with Gasteiger partial charge in [0, 0.05) is 6.04 Å². The Bertz CT molecular complexity index is 340. The highest BCUT2D eigenvalue weighted by molar-refractivity contribution is 5.22. The molecule has 4 heteroatoms. The fraction of sp³-hybridized carbons (Fsp3) is 0.273. The van der Waals surface area contributed by atoms with E-state index >= 15 is 0 Å². The number of hydrogen-bond acceptors (Lipinski definition) is 1. The molecule has 1 aromatic rings. The van der Waals surface area contributed by atoms with Crippen molar-refractivity contribution in [2.24, 2.45) is 5.73 Å². The van der Waals surface area contributed by atoms with Gasteiger partial charge in [-0.15, -0.1) is 6.58 Å². The third-order valence-electron chi connectivity index (χ3n) is 2.12. The van der Waals surface area contributed by atoms with Crippen LogP contribution in [0.3, 0.4) is 0 Å². The van der Waals surface area contributed by atoms with Crippen molar-refractivity contribution in [1.29, 1.82) is 0 Å². The Balaban J connectivity index is 2.90. The third-order valence-corrected chi connectivity index (χ3v) is 2.12. The molecule has 0 fully saturated rings. The Hall–Kier alpha value is -1.29. The normalized spacial score (nSPS) is 12.5. The number of allylic oxidation sites excluding steroid dienone is 1. The summed E-state index contributed by atoms with van der Waals surface area (Å²) in [5.41, 5.74) is 5.92. The molecule has 2 N–H and O–H groups in total. The summed E-state index contributed by atoms with van der Waals surface area (Å²) in [7, 11) is 0. The van der Waals surface area contributed by atoms with Crippen molar-refractivity contribution in [3.05, 3.63) is 47.8 Å². The van der Waals surface area contributed by atoms with Crippen LogP contribution in [0.1, 0.15) is 24.4 Å². The number of nitrogens with two attached hydrogens (primary N) is 1. The van der Waals surface area contributed by atoms with Gasteiger partial charge < -0.3 is 5.73 Å². The van der Waals surface area contributed by atoms with E-state index in [9.17, 15) is 13.2 Å². The Kier molecular flexibility index (Phi) is 3.91. The number of rotatable bonds is 4. The van der Waals surface area contributed by atoms with E-state index in [4.69, 9.17) is 5.73 Å². The summed E-state index contributed by atoms with van der Waals surface area (Å²) < 4.78 is 38.3. The van der Waals surface area contributed by atoms with Crippen molar-refractivity contribution < 1.29 is 13.2 Å². The van der Waals surface area contributed by atoms with Crippen LogP contribution in [-0.2, 0) is 0 Å². The fourth-order valence-electron chi connectivity index (χ4n) is 1.25. The average molecular weight is 215 g/mol. The molecule has 0 bridgehead atoms. The molecule has 1 aromatic carbocycles. The molecule has 0 saturated heterocycles. The second-order valence-corrected chi connectivity index (χ2v) is 3.27. The average Bonchev–Trinajstić information content (AvgIpc) is 2.21. The van der Waals surface area contributed by atoms with Crippen LogP contribution in [0.15, 0.2) is 24.8 Å². The van der Waals surface area contributed by atoms with Crippen LogP contribution in [-0.4, -0.2) is 0 Å². The van der Waals surface area contributed by atoms with Crippen LogP contribution in [0.2, 0.25) is 0 Å². The van der Waals surface area contributed by atoms with Crippen LogP contribution in [0.4, 0.5) is 13.2 Å². The van der Waals surface area contributed by atoms with Crippen molar-refractivity contribution in [2.45, 2.75) is 18.9 Å². The molecule has 0 spiro atoms. The summed E-state index contributed by atoms with van der Waals surface area (Å²) in [5, 5.41) is 0. The summed E-state index contributed by atoms with van der Waals surface area (Å²) in [5.74, 6) is -3.88. The summed E-state index contributed by atoms with van der Waals surface area (Å²) in [6.07, 6.45) is 2.83. The molecule has 15 heavy (non-hydrogen) atoms. The molecule has 0 saturated carbocycles. The second-order valence-electron chi connectivity index (χ2n) is 3.27. The molecule has 0 radical (unpaired) electrons. The number of benzene rings is 1. The maximum Gasteiger partial charge on any atom is 0.194 e. The lowest BCUT2D eigenvalue weighted by molar-refractivity contribution is 0.443. The van der Waals surface area contributed by atoms with E-state index in [1.54, 1.807) is 6.08 Å². The molecule has 1 rings (SSSR count). The van der Waals surface area contributed by atoms with Gasteiger partial charge >= 0.3 is 0 Å². The molecule has 82 valence electrons. The van der Waals surface area contributed by atoms with Gasteiger partial charge in [-0.3, -0.25) is 0 Å². The first-order chi connectivity index (χ1) is 7.06. The molecule has 0 aromatic heterocycles. The quantitative estimate of drug-likeness (QED) is 0.606. The minimum Gasteiger partial charge on any atom is -0.324 e. The Labute approximate surface area is 86.4 Å². The van der Waals surface area contributed by atoms with Gasteiger partial charge in [0.05, 0.1) is 0 Å². The van der Waals surface area contributed by atoms with Crippen LogP contribution in [0, 0.1) is 17.5 Å². The molecule has 1 atom stereocenters. The Morgan fingerprint density at radius 1 is 1.27 bits per heavy atom. The summed E-state index contributed by atoms with van der Waals surface area (Å²) in [4.78, 5) is 0. The first-order valence-electron chi connectivity index (χ1n) is 4.57. The maximum atomic E-state index is 12.8. The third kappa shape index (κ3) is 2.83. The Morgan fingerprint density at radius 2 is 1.80 bits per heavy atom. The van der Waals surface area contributed by atoms with E-state index in [-0.39, 0.29) is 5.56 Å². The van der Waals surface area contributed by atoms with Crippen LogP contribution >= 0.6 is 0 Å². The van der Waals surface area contributed by atoms with Crippen molar-refractivity contribution in [2.75, 3.05) is 0 Å². The monoisotopic (exact) mass is 215 g/mol. The zero-order chi connectivity index (χ0) is 11.4. The Morgan fingerprint density at radius 3 is 2.27 bits per heavy atom. The van der Waals surface area contributed by atoms with E-state index in [2.05, 4.69) is 6.58 Å². The molecular formula is C11H12F3N. The highest BCUT2D eigenvalue weighted by atomic mass is 19.2. The van der Waals surface area contributed by atoms with Gasteiger partial charge in [0.1, 0.15) is 0 Å². The summed E-state index contributed by atoms with van der Waals surface area (Å²) in [6, 6.07) is 1.34. The highest BCUT2D eigenvalue weighted by Crippen LogP contribution is 2.20. The molecule has 0 aliphatic carbocycles. The van der Waals surface area contributed by atoms with Gasteiger partial charge in [0.15, 0.2) is 17.5 Å². The minimum atomic E-state index is -1.46. The molecule has 1 nitrogen and oxygen atoms in total. The van der Waals surface area contributed by atoms with Crippen LogP contribution < -0.4 is 5.73 Å². The maximum absolute atomic E-state index is 12.8. The standard InChI is InChI=1S/C11H12F3N/c1-2-3-4-10(15)7-5-8(12)11(14)9(13)6-7/h2,5-6,10H,1,3-4,15H2. The van der Waals surface area contributed by atoms with Gasteiger partial charge in [-0.05, 0) is 30.5 Å². The number of hydrogen-bond donors (Lipinski definition) is 1. The molecular weight excluding hydrogens is 203 g/mol. The lowest BCUT2D eigenvalue weighted by Gasteiger charge is -2.11. The van der Waals surface area contributed by atoms with E-state index in [0.717, 1.165) is 12.1 Å². The number of halogens is 3. The zero-order valence-corrected chi connectivity index (χ0v) is 8.14. The van der Waals surface area contributed by atoms with Gasteiger partial charge in [-0.1, -0.05) is 6.08 Å². The minimum absolute atomic E-state index is 0.258. The van der Waals surface area contributed by atoms with Gasteiger partial charge in [-0.25, -0.2) is 13.2 Å². The summed E-state index contributed by atoms with van der Waals surface area (Å²) in [6.45, 7) is 3.51. The topological polar surface area (TPSA) is 26.0 Å². The highest BCUT2D eigenvalue weighted by Gasteiger charge is 2.14. The van der Waals surface area contributed by atoms with E-state index in [0.29, 0.717) is 12.8 Å². The van der Waals surface area contributed by atoms with Crippen molar-refractivity contribution in [3.63, 3.8) is 0 Å². The van der Waals surface area contributed by atoms with E-state index in [1.807, 2.05) is 0 Å². The van der Waals surface area contributed by atoms with Crippen molar-refractivity contribution >= 4 is 0 Å². The largest absolute Gasteiger partial charge is 0.324 e. The molecule has 0 heterocycles. The zero-order valence-electron chi connectivity index (χ0n) is 8.14. The predicted molar refractivity (Wildman–Crippen MR) is 52.7 cm³/mol. The van der Waals surface area contributed by atoms with Gasteiger partial charge in [-0.2, -0.15) is 0 Å². The van der Waals surface area contributed by atoms with E-state index in [1.165, 1.54) is 0 Å². The molecule has 0 aliphatic heterocycles. The SMILES string of the molecule is C=CCCC(N)c1cc(F)c(F)c(F)c1. The van der Waals surface area contributed by atoms with E-state index < -0.39 is 23.5 Å². The molecule has 1 unspecified atom stereocenters. The second kappa shape index (κ2) is 4.98. The van der Waals surface area contributed by atoms with Crippen molar-refractivity contribution in [1.82, 2.24) is 0 Å². The summed E-state index contributed by atoms with van der Waals surface area (Å²) >= 11 is 0. The van der Waals surface area contributed by atoms with Crippen LogP contribution in [0.25, 0.3) is 0 Å². The van der Waals surface area contributed by atoms with Crippen molar-refractivity contribution in [3.8, 4) is 0 Å². The first-order valence-corrected chi connectivity index (χ1v) is 4.57. The van der Waals surface area contributed by atoms with Gasteiger partial charge in [0.2, 0.25) is 0 Å². The lowest BCUT2D eigenvalue weighted by atomic mass is 10.0. The molecule has 0 amide bonds. The van der Waals surface area contributed by atoms with Gasteiger partial charge in [0.25, 0.3) is 0 Å². The smallest absolute Gasteiger partial charge is 0.194 e. The first kappa shape index (κ1) is 11.8. The van der Waals surface area contributed by atoms with Crippen LogP contribution in [0.5, 0.6) is 0 Å².